The third kappa shape index (κ3) is 10.4. The number of oxime groups is 1. The Morgan fingerprint density at radius 3 is 2.00 bits per heavy atom. The van der Waals surface area contributed by atoms with E-state index in [1.165, 1.54) is 0 Å². The van der Waals surface area contributed by atoms with Crippen LogP contribution in [0.2, 0.25) is 0 Å². The third-order valence-corrected chi connectivity index (χ3v) is 3.56. The van der Waals surface area contributed by atoms with Crippen molar-refractivity contribution in [3.05, 3.63) is 0 Å². The number of carbonyl (C=O) groups excluding carboxylic acids is 2. The van der Waals surface area contributed by atoms with Crippen molar-refractivity contribution in [1.82, 2.24) is 0 Å². The maximum absolute atomic E-state index is 11.8. The first-order valence-corrected chi connectivity index (χ1v) is 9.27. The number of nitrogens with zero attached hydrogens (tertiary/aromatic N) is 1. The normalized spacial score (nSPS) is 14.1. The molecule has 0 bridgehead atoms. The van der Waals surface area contributed by atoms with E-state index < -0.39 is 29.0 Å². The van der Waals surface area contributed by atoms with Crippen LogP contribution in [0.5, 0.6) is 0 Å². The van der Waals surface area contributed by atoms with Crippen molar-refractivity contribution in [1.29, 1.82) is 0 Å². The Labute approximate surface area is 158 Å². The van der Waals surface area contributed by atoms with Gasteiger partial charge < -0.3 is 19.4 Å². The van der Waals surface area contributed by atoms with E-state index in [0.29, 0.717) is 25.7 Å². The van der Waals surface area contributed by atoms with Crippen LogP contribution in [0.4, 0.5) is 0 Å². The van der Waals surface area contributed by atoms with Gasteiger partial charge in [-0.2, -0.15) is 0 Å². The molecule has 0 aromatic rings. The molecule has 0 aliphatic heterocycles. The van der Waals surface area contributed by atoms with Gasteiger partial charge >= 0.3 is 11.9 Å². The topological polar surface area (TPSA) is 94.4 Å². The standard InChI is InChI=1S/C16H27Cl2NO6/c1-4-7-12(19-22)25-15(16(17)18)11(24-14(21)9-6-3)10-23-13(20)8-5-2/h11,15-16,22H,4-10H2,1-3H3. The Kier molecular flexibility index (Phi) is 13.3. The molecule has 2 unspecified atom stereocenters. The van der Waals surface area contributed by atoms with Gasteiger partial charge in [-0.15, -0.1) is 23.2 Å². The summed E-state index contributed by atoms with van der Waals surface area (Å²) in [6, 6.07) is 0. The third-order valence-electron chi connectivity index (χ3n) is 3.06. The van der Waals surface area contributed by atoms with Crippen LogP contribution in [0.3, 0.4) is 0 Å². The molecule has 0 fully saturated rings. The molecule has 0 aromatic heterocycles. The lowest BCUT2D eigenvalue weighted by atomic mass is 10.2. The van der Waals surface area contributed by atoms with Crippen LogP contribution in [0.25, 0.3) is 0 Å². The van der Waals surface area contributed by atoms with Crippen molar-refractivity contribution in [2.75, 3.05) is 6.61 Å². The molecule has 2 atom stereocenters. The zero-order valence-electron chi connectivity index (χ0n) is 14.9. The fraction of sp³-hybridized carbons (Fsp3) is 0.812. The van der Waals surface area contributed by atoms with Crippen molar-refractivity contribution in [3.63, 3.8) is 0 Å². The summed E-state index contributed by atoms with van der Waals surface area (Å²) in [5.74, 6) is -0.905. The molecule has 0 heterocycles. The molecular formula is C16H27Cl2NO6. The lowest BCUT2D eigenvalue weighted by molar-refractivity contribution is -0.165. The van der Waals surface area contributed by atoms with E-state index in [0.717, 1.165) is 0 Å². The Morgan fingerprint density at radius 1 is 0.960 bits per heavy atom. The average Bonchev–Trinajstić information content (AvgIpc) is 2.55. The number of esters is 2. The lowest BCUT2D eigenvalue weighted by Crippen LogP contribution is -2.43. The second-order valence-electron chi connectivity index (χ2n) is 5.37. The Bertz CT molecular complexity index is 431. The molecule has 0 radical (unpaired) electrons. The average molecular weight is 400 g/mol. The molecule has 25 heavy (non-hydrogen) atoms. The van der Waals surface area contributed by atoms with Crippen molar-refractivity contribution in [2.45, 2.75) is 76.3 Å². The molecule has 9 heteroatoms. The molecule has 0 aliphatic carbocycles. The van der Waals surface area contributed by atoms with Crippen LogP contribution < -0.4 is 0 Å². The molecule has 7 nitrogen and oxygen atoms in total. The Balaban J connectivity index is 5.16. The number of hydrogen-bond donors (Lipinski definition) is 1. The summed E-state index contributed by atoms with van der Waals surface area (Å²) >= 11 is 11.9. The fourth-order valence-corrected chi connectivity index (χ4v) is 2.30. The number of ether oxygens (including phenoxy) is 3. The van der Waals surface area contributed by atoms with Gasteiger partial charge in [0, 0.05) is 19.3 Å². The summed E-state index contributed by atoms with van der Waals surface area (Å²) in [5.41, 5.74) is 0. The highest BCUT2D eigenvalue weighted by Crippen LogP contribution is 2.20. The van der Waals surface area contributed by atoms with Gasteiger partial charge in [-0.1, -0.05) is 25.9 Å². The zero-order chi connectivity index (χ0) is 19.2. The highest BCUT2D eigenvalue weighted by atomic mass is 35.5. The molecule has 0 spiro atoms. The maximum Gasteiger partial charge on any atom is 0.306 e. The minimum absolute atomic E-state index is 0.00947. The largest absolute Gasteiger partial charge is 0.468 e. The van der Waals surface area contributed by atoms with Crippen LogP contribution in [-0.2, 0) is 23.8 Å². The van der Waals surface area contributed by atoms with Gasteiger partial charge in [0.25, 0.3) is 0 Å². The summed E-state index contributed by atoms with van der Waals surface area (Å²) in [7, 11) is 0. The van der Waals surface area contributed by atoms with Crippen molar-refractivity contribution in [3.8, 4) is 0 Å². The summed E-state index contributed by atoms with van der Waals surface area (Å²) in [6.45, 7) is 5.29. The number of carbonyl (C=O) groups is 2. The summed E-state index contributed by atoms with van der Waals surface area (Å²) in [5, 5.41) is 12.1. The van der Waals surface area contributed by atoms with E-state index in [9.17, 15) is 9.59 Å². The van der Waals surface area contributed by atoms with Gasteiger partial charge in [0.2, 0.25) is 5.90 Å². The molecule has 0 amide bonds. The van der Waals surface area contributed by atoms with Crippen molar-refractivity contribution in [2.24, 2.45) is 5.16 Å². The van der Waals surface area contributed by atoms with E-state index in [-0.39, 0.29) is 25.3 Å². The summed E-state index contributed by atoms with van der Waals surface area (Å²) in [6.07, 6.45) is 0.598. The quantitative estimate of drug-likeness (QED) is 0.134. The van der Waals surface area contributed by atoms with E-state index >= 15 is 0 Å². The lowest BCUT2D eigenvalue weighted by Gasteiger charge is -2.28. The Morgan fingerprint density at radius 2 is 1.52 bits per heavy atom. The smallest absolute Gasteiger partial charge is 0.306 e. The first-order valence-electron chi connectivity index (χ1n) is 8.40. The van der Waals surface area contributed by atoms with Crippen molar-refractivity contribution >= 4 is 41.0 Å². The molecule has 0 aromatic carbocycles. The van der Waals surface area contributed by atoms with Crippen LogP contribution in [0.15, 0.2) is 5.16 Å². The maximum atomic E-state index is 11.8. The molecule has 0 saturated heterocycles. The van der Waals surface area contributed by atoms with Crippen LogP contribution in [-0.4, -0.2) is 46.7 Å². The van der Waals surface area contributed by atoms with Crippen LogP contribution in [0.1, 0.15) is 59.3 Å². The zero-order valence-corrected chi connectivity index (χ0v) is 16.4. The number of rotatable bonds is 12. The molecule has 146 valence electrons. The van der Waals surface area contributed by atoms with Gasteiger partial charge in [0.15, 0.2) is 12.2 Å². The second-order valence-corrected chi connectivity index (χ2v) is 6.54. The van der Waals surface area contributed by atoms with Gasteiger partial charge in [0.05, 0.1) is 0 Å². The predicted octanol–water partition coefficient (Wildman–Crippen LogP) is 3.82. The van der Waals surface area contributed by atoms with Gasteiger partial charge in [-0.25, -0.2) is 0 Å². The first-order chi connectivity index (χ1) is 11.9. The monoisotopic (exact) mass is 399 g/mol. The predicted molar refractivity (Wildman–Crippen MR) is 95.2 cm³/mol. The Hall–Kier alpha value is -1.21. The molecular weight excluding hydrogens is 373 g/mol. The molecule has 0 aliphatic rings. The van der Waals surface area contributed by atoms with Crippen LogP contribution >= 0.6 is 23.2 Å². The van der Waals surface area contributed by atoms with Gasteiger partial charge in [-0.3, -0.25) is 9.59 Å². The highest BCUT2D eigenvalue weighted by Gasteiger charge is 2.34. The van der Waals surface area contributed by atoms with Crippen LogP contribution in [0, 0.1) is 0 Å². The van der Waals surface area contributed by atoms with Gasteiger partial charge in [-0.05, 0) is 19.3 Å². The highest BCUT2D eigenvalue weighted by molar-refractivity contribution is 6.44. The number of halogens is 2. The molecule has 0 saturated carbocycles. The second kappa shape index (κ2) is 14.0. The molecule has 1 N–H and O–H groups in total. The minimum Gasteiger partial charge on any atom is -0.468 e. The first kappa shape index (κ1) is 23.8. The number of hydrogen-bond acceptors (Lipinski definition) is 7. The fourth-order valence-electron chi connectivity index (χ4n) is 1.87. The SMILES string of the molecule is CCCC(=O)OCC(OC(=O)CCC)C(OC(CCC)=NO)C(Cl)Cl. The van der Waals surface area contributed by atoms with Gasteiger partial charge in [0.1, 0.15) is 11.4 Å². The molecule has 0 rings (SSSR count). The van der Waals surface area contributed by atoms with E-state index in [1.807, 2.05) is 20.8 Å². The summed E-state index contributed by atoms with van der Waals surface area (Å²) in [4.78, 5) is 22.3. The summed E-state index contributed by atoms with van der Waals surface area (Å²) < 4.78 is 15.9. The van der Waals surface area contributed by atoms with E-state index in [2.05, 4.69) is 5.16 Å². The van der Waals surface area contributed by atoms with E-state index in [1.54, 1.807) is 0 Å². The van der Waals surface area contributed by atoms with Crippen molar-refractivity contribution < 1.29 is 29.0 Å². The number of alkyl halides is 2. The van der Waals surface area contributed by atoms with E-state index in [4.69, 9.17) is 42.6 Å². The minimum atomic E-state index is -1.10.